The molecule has 0 fully saturated rings. The van der Waals surface area contributed by atoms with E-state index >= 15 is 0 Å². The maximum absolute atomic E-state index is 10.5. The molecule has 5 heteroatoms. The van der Waals surface area contributed by atoms with Crippen molar-refractivity contribution in [2.75, 3.05) is 0 Å². The highest BCUT2D eigenvalue weighted by Crippen LogP contribution is 2.40. The monoisotopic (exact) mass is 635 g/mol. The molecule has 0 spiro atoms. The third-order valence-corrected chi connectivity index (χ3v) is 9.60. The summed E-state index contributed by atoms with van der Waals surface area (Å²) in [6.07, 6.45) is 0. The van der Waals surface area contributed by atoms with E-state index in [0.717, 1.165) is 66.5 Å². The predicted octanol–water partition coefficient (Wildman–Crippen LogP) is 11.5. The topological polar surface area (TPSA) is 61.8 Å². The van der Waals surface area contributed by atoms with Crippen molar-refractivity contribution in [2.45, 2.75) is 0 Å². The maximum Gasteiger partial charge on any atom is 0.188 e. The predicted molar refractivity (Wildman–Crippen MR) is 202 cm³/mol. The third kappa shape index (κ3) is 4.38. The molecule has 0 aliphatic carbocycles. The Balaban J connectivity index is 1.21. The fourth-order valence-corrected chi connectivity index (χ4v) is 7.39. The molecule has 9 aromatic rings. The van der Waals surface area contributed by atoms with Gasteiger partial charge in [-0.25, -0.2) is 4.85 Å². The zero-order valence-corrected chi connectivity index (χ0v) is 26.7. The van der Waals surface area contributed by atoms with Crippen LogP contribution in [0.1, 0.15) is 11.1 Å². The Bertz CT molecular complexity index is 2920. The molecule has 0 amide bonds. The second-order valence-electron chi connectivity index (χ2n) is 12.3. The van der Waals surface area contributed by atoms with E-state index in [9.17, 15) is 10.5 Å². The van der Waals surface area contributed by atoms with Crippen LogP contribution >= 0.6 is 0 Å². The molecule has 0 saturated carbocycles. The smallest absolute Gasteiger partial charge is 0.188 e. The van der Waals surface area contributed by atoms with E-state index in [4.69, 9.17) is 6.57 Å². The molecule has 0 saturated heterocycles. The van der Waals surface area contributed by atoms with Gasteiger partial charge in [0.25, 0.3) is 0 Å². The van der Waals surface area contributed by atoms with Gasteiger partial charge in [-0.1, -0.05) is 84.9 Å². The van der Waals surface area contributed by atoms with Crippen LogP contribution in [0.3, 0.4) is 0 Å². The highest BCUT2D eigenvalue weighted by molar-refractivity contribution is 6.11. The summed E-state index contributed by atoms with van der Waals surface area (Å²) in [5, 5.41) is 24.9. The lowest BCUT2D eigenvalue weighted by atomic mass is 9.93. The molecular formula is C45H25N5. The Morgan fingerprint density at radius 1 is 0.480 bits per heavy atom. The molecule has 0 unspecified atom stereocenters. The van der Waals surface area contributed by atoms with Gasteiger partial charge in [-0.15, -0.1) is 0 Å². The lowest BCUT2D eigenvalue weighted by Gasteiger charge is -2.16. The SMILES string of the molecule is [C-]#[N+]c1ccc2c(c1)c1ccccc1n2-c1ccc(C#N)cc1-c1ccc(-c2cccc(-n3c4ccccc4c4ccccc43)c2)c(C#N)c1. The number of nitrogens with zero attached hydrogens (tertiary/aromatic N) is 5. The molecule has 0 radical (unpaired) electrons. The van der Waals surface area contributed by atoms with E-state index in [0.29, 0.717) is 16.8 Å². The molecule has 7 aromatic carbocycles. The minimum Gasteiger partial charge on any atom is -0.309 e. The summed E-state index contributed by atoms with van der Waals surface area (Å²) < 4.78 is 4.46. The van der Waals surface area contributed by atoms with Crippen LogP contribution < -0.4 is 0 Å². The number of nitriles is 2. The number of hydrogen-bond acceptors (Lipinski definition) is 2. The standard InChI is InChI=1S/C45H25N5/c1-48-33-19-22-45-40(26-33)38-13-4-7-16-43(38)50(45)44-21-17-29(27-46)23-39(44)31-18-20-35(32(24-31)28-47)30-9-8-10-34(25-30)49-41-14-5-2-11-36(41)37-12-3-6-15-42(37)49/h2-26H. The molecule has 9 rings (SSSR count). The van der Waals surface area contributed by atoms with Gasteiger partial charge in [-0.3, -0.25) is 0 Å². The van der Waals surface area contributed by atoms with E-state index in [-0.39, 0.29) is 0 Å². The molecule has 0 bridgehead atoms. The van der Waals surface area contributed by atoms with Crippen LogP contribution in [0.4, 0.5) is 5.69 Å². The lowest BCUT2D eigenvalue weighted by Crippen LogP contribution is -1.99. The van der Waals surface area contributed by atoms with Crippen molar-refractivity contribution < 1.29 is 0 Å². The van der Waals surface area contributed by atoms with Gasteiger partial charge in [-0.2, -0.15) is 10.5 Å². The van der Waals surface area contributed by atoms with Crippen molar-refractivity contribution >= 4 is 49.3 Å². The van der Waals surface area contributed by atoms with Crippen LogP contribution in [-0.2, 0) is 0 Å². The van der Waals surface area contributed by atoms with Gasteiger partial charge < -0.3 is 9.13 Å². The summed E-state index contributed by atoms with van der Waals surface area (Å²) in [5.41, 5.74) is 11.2. The number of hydrogen-bond donors (Lipinski definition) is 0. The Morgan fingerprint density at radius 3 is 1.80 bits per heavy atom. The first-order valence-electron chi connectivity index (χ1n) is 16.3. The molecule has 0 aliphatic rings. The van der Waals surface area contributed by atoms with E-state index < -0.39 is 0 Å². The minimum absolute atomic E-state index is 0.529. The van der Waals surface area contributed by atoms with Crippen molar-refractivity contribution in [2.24, 2.45) is 0 Å². The van der Waals surface area contributed by atoms with Crippen molar-refractivity contribution in [3.8, 4) is 45.8 Å². The van der Waals surface area contributed by atoms with Crippen LogP contribution in [0.25, 0.3) is 82.1 Å². The molecule has 5 nitrogen and oxygen atoms in total. The van der Waals surface area contributed by atoms with E-state index in [1.54, 1.807) is 0 Å². The van der Waals surface area contributed by atoms with Crippen LogP contribution in [0.5, 0.6) is 0 Å². The average Bonchev–Trinajstić information content (AvgIpc) is 3.70. The Hall–Kier alpha value is -7.39. The normalized spacial score (nSPS) is 11.1. The quantitative estimate of drug-likeness (QED) is 0.181. The first-order chi connectivity index (χ1) is 24.7. The van der Waals surface area contributed by atoms with E-state index in [1.165, 1.54) is 10.8 Å². The van der Waals surface area contributed by atoms with Gasteiger partial charge >= 0.3 is 0 Å². The second-order valence-corrected chi connectivity index (χ2v) is 12.3. The average molecular weight is 636 g/mol. The molecule has 230 valence electrons. The van der Waals surface area contributed by atoms with Crippen molar-refractivity contribution in [1.82, 2.24) is 9.13 Å². The van der Waals surface area contributed by atoms with Gasteiger partial charge in [-0.05, 0) is 88.8 Å². The highest BCUT2D eigenvalue weighted by Gasteiger charge is 2.18. The number of rotatable bonds is 4. The van der Waals surface area contributed by atoms with Crippen LogP contribution in [-0.4, -0.2) is 9.13 Å². The molecule has 2 heterocycles. The summed E-state index contributed by atoms with van der Waals surface area (Å²) in [7, 11) is 0. The third-order valence-electron chi connectivity index (χ3n) is 9.60. The van der Waals surface area contributed by atoms with E-state index in [2.05, 4.69) is 98.9 Å². The first kappa shape index (κ1) is 28.8. The summed E-state index contributed by atoms with van der Waals surface area (Å²) in [6, 6.07) is 55.5. The van der Waals surface area contributed by atoms with Gasteiger partial charge in [0, 0.05) is 27.4 Å². The van der Waals surface area contributed by atoms with Crippen LogP contribution in [0, 0.1) is 29.2 Å². The summed E-state index contributed by atoms with van der Waals surface area (Å²) >= 11 is 0. The van der Waals surface area contributed by atoms with Crippen LogP contribution in [0.15, 0.2) is 152 Å². The van der Waals surface area contributed by atoms with E-state index in [1.807, 2.05) is 78.9 Å². The van der Waals surface area contributed by atoms with Gasteiger partial charge in [0.15, 0.2) is 5.69 Å². The van der Waals surface area contributed by atoms with Gasteiger partial charge in [0.2, 0.25) is 0 Å². The first-order valence-corrected chi connectivity index (χ1v) is 16.3. The number of benzene rings is 7. The zero-order chi connectivity index (χ0) is 33.8. The molecule has 50 heavy (non-hydrogen) atoms. The molecule has 2 aromatic heterocycles. The zero-order valence-electron chi connectivity index (χ0n) is 26.7. The van der Waals surface area contributed by atoms with Crippen molar-refractivity contribution in [3.05, 3.63) is 174 Å². The molecule has 0 aliphatic heterocycles. The maximum atomic E-state index is 10.5. The second kappa shape index (κ2) is 11.4. The fraction of sp³-hybridized carbons (Fsp3) is 0. The van der Waals surface area contributed by atoms with Crippen LogP contribution in [0.2, 0.25) is 0 Å². The summed E-state index contributed by atoms with van der Waals surface area (Å²) in [6.45, 7) is 7.58. The van der Waals surface area contributed by atoms with Gasteiger partial charge in [0.1, 0.15) is 0 Å². The molecule has 0 N–H and O–H groups in total. The lowest BCUT2D eigenvalue weighted by molar-refractivity contribution is 1.18. The Labute approximate surface area is 288 Å². The Morgan fingerprint density at radius 2 is 1.12 bits per heavy atom. The number of aromatic nitrogens is 2. The molecule has 0 atom stereocenters. The Kier molecular flexibility index (Phi) is 6.56. The van der Waals surface area contributed by atoms with Crippen molar-refractivity contribution in [3.63, 3.8) is 0 Å². The van der Waals surface area contributed by atoms with Gasteiger partial charge in [0.05, 0.1) is 57.6 Å². The minimum atomic E-state index is 0.529. The number of para-hydroxylation sites is 3. The largest absolute Gasteiger partial charge is 0.309 e. The highest BCUT2D eigenvalue weighted by atomic mass is 15.0. The molecular weight excluding hydrogens is 611 g/mol. The fourth-order valence-electron chi connectivity index (χ4n) is 7.39. The number of fused-ring (bicyclic) bond motifs is 6. The summed E-state index contributed by atoms with van der Waals surface area (Å²) in [5.74, 6) is 0. The summed E-state index contributed by atoms with van der Waals surface area (Å²) in [4.78, 5) is 3.67. The van der Waals surface area contributed by atoms with Crippen molar-refractivity contribution in [1.29, 1.82) is 10.5 Å².